The molecule has 0 heterocycles. The van der Waals surface area contributed by atoms with Crippen LogP contribution < -0.4 is 11.1 Å². The molecule has 4 saturated carbocycles. The van der Waals surface area contributed by atoms with E-state index in [9.17, 15) is 9.90 Å². The molecular weight excluding hydrogens is 400 g/mol. The molecule has 0 saturated heterocycles. The Morgan fingerprint density at radius 1 is 1.16 bits per heavy atom. The molecule has 5 nitrogen and oxygen atoms in total. The molecule has 10 atom stereocenters. The summed E-state index contributed by atoms with van der Waals surface area (Å²) in [5, 5.41) is 15.4. The first-order valence-corrected chi connectivity index (χ1v) is 13.4. The van der Waals surface area contributed by atoms with Gasteiger partial charge in [-0.15, -0.1) is 0 Å². The Morgan fingerprint density at radius 2 is 1.94 bits per heavy atom. The first-order chi connectivity index (χ1) is 15.3. The van der Waals surface area contributed by atoms with Gasteiger partial charge in [0.25, 0.3) is 0 Å². The Balaban J connectivity index is 1.48. The van der Waals surface area contributed by atoms with E-state index < -0.39 is 0 Å². The van der Waals surface area contributed by atoms with Crippen LogP contribution in [0.5, 0.6) is 0 Å². The molecule has 0 aromatic heterocycles. The Bertz CT molecular complexity index is 671. The molecule has 0 amide bonds. The number of rotatable bonds is 7. The number of aliphatic hydroxyl groups excluding tert-OH is 1. The molecule has 184 valence electrons. The van der Waals surface area contributed by atoms with Crippen molar-refractivity contribution in [2.24, 2.45) is 52.1 Å². The third-order valence-corrected chi connectivity index (χ3v) is 11.1. The molecule has 5 heteroatoms. The number of carbonyl (C=O) groups excluding carboxylic acids is 1. The smallest absolute Gasteiger partial charge is 0.305 e. The summed E-state index contributed by atoms with van der Waals surface area (Å²) in [4.78, 5) is 11.7. The number of ether oxygens (including phenoxy) is 1. The molecule has 0 aliphatic heterocycles. The molecule has 32 heavy (non-hydrogen) atoms. The van der Waals surface area contributed by atoms with Crippen LogP contribution in [0.2, 0.25) is 0 Å². The second-order valence-corrected chi connectivity index (χ2v) is 12.3. The van der Waals surface area contributed by atoms with Gasteiger partial charge in [-0.1, -0.05) is 20.8 Å². The van der Waals surface area contributed by atoms with Gasteiger partial charge in [0.1, 0.15) is 0 Å². The number of methoxy groups -OCH3 is 1. The van der Waals surface area contributed by atoms with E-state index in [1.54, 1.807) is 0 Å². The van der Waals surface area contributed by atoms with Gasteiger partial charge in [-0.25, -0.2) is 0 Å². The van der Waals surface area contributed by atoms with Crippen LogP contribution in [-0.2, 0) is 9.53 Å². The molecule has 4 aliphatic carbocycles. The van der Waals surface area contributed by atoms with Crippen LogP contribution in [0.3, 0.4) is 0 Å². The van der Waals surface area contributed by atoms with Crippen molar-refractivity contribution in [2.75, 3.05) is 20.2 Å². The number of nitrogens with one attached hydrogen (secondary N) is 1. The number of carbonyl (C=O) groups is 1. The molecule has 0 aromatic carbocycles. The van der Waals surface area contributed by atoms with Gasteiger partial charge in [0.15, 0.2) is 0 Å². The van der Waals surface area contributed by atoms with Crippen molar-refractivity contribution in [2.45, 2.75) is 97.1 Å². The Labute approximate surface area is 195 Å². The molecule has 4 fully saturated rings. The minimum atomic E-state index is -0.217. The van der Waals surface area contributed by atoms with Crippen molar-refractivity contribution in [3.05, 3.63) is 0 Å². The number of hydrogen-bond acceptors (Lipinski definition) is 5. The van der Waals surface area contributed by atoms with Gasteiger partial charge < -0.3 is 20.9 Å². The predicted molar refractivity (Wildman–Crippen MR) is 128 cm³/mol. The quantitative estimate of drug-likeness (QED) is 0.510. The topological polar surface area (TPSA) is 84.6 Å². The van der Waals surface area contributed by atoms with E-state index in [0.717, 1.165) is 37.8 Å². The summed E-state index contributed by atoms with van der Waals surface area (Å²) in [6, 6.07) is 0.624. The van der Waals surface area contributed by atoms with E-state index in [2.05, 4.69) is 26.1 Å². The van der Waals surface area contributed by atoms with E-state index in [4.69, 9.17) is 10.5 Å². The predicted octanol–water partition coefficient (Wildman–Crippen LogP) is 4.12. The number of nitrogens with two attached hydrogens (primary N) is 1. The van der Waals surface area contributed by atoms with Crippen molar-refractivity contribution in [1.29, 1.82) is 0 Å². The molecule has 4 rings (SSSR count). The van der Waals surface area contributed by atoms with E-state index >= 15 is 0 Å². The lowest BCUT2D eigenvalue weighted by Gasteiger charge is -2.62. The van der Waals surface area contributed by atoms with Crippen LogP contribution in [0.4, 0.5) is 0 Å². The summed E-state index contributed by atoms with van der Waals surface area (Å²) >= 11 is 0. The fourth-order valence-corrected chi connectivity index (χ4v) is 9.30. The van der Waals surface area contributed by atoms with Gasteiger partial charge in [0, 0.05) is 25.6 Å². The van der Waals surface area contributed by atoms with Gasteiger partial charge in [-0.2, -0.15) is 0 Å². The lowest BCUT2D eigenvalue weighted by atomic mass is 9.43. The second-order valence-electron chi connectivity index (χ2n) is 12.3. The molecule has 0 bridgehead atoms. The molecule has 4 aliphatic rings. The zero-order valence-corrected chi connectivity index (χ0v) is 20.9. The number of aliphatic hydroxyl groups is 1. The van der Waals surface area contributed by atoms with Crippen LogP contribution in [-0.4, -0.2) is 43.4 Å². The van der Waals surface area contributed by atoms with Gasteiger partial charge in [-0.05, 0) is 104 Å². The lowest BCUT2D eigenvalue weighted by Crippen LogP contribution is -2.59. The van der Waals surface area contributed by atoms with Crippen molar-refractivity contribution < 1.29 is 14.6 Å². The van der Waals surface area contributed by atoms with Gasteiger partial charge in [-0.3, -0.25) is 4.79 Å². The maximum atomic E-state index is 11.7. The van der Waals surface area contributed by atoms with E-state index in [0.29, 0.717) is 41.5 Å². The Hall–Kier alpha value is -0.650. The normalized spacial score (nSPS) is 46.6. The van der Waals surface area contributed by atoms with Crippen molar-refractivity contribution >= 4 is 5.97 Å². The largest absolute Gasteiger partial charge is 0.469 e. The average molecular weight is 449 g/mol. The molecule has 0 aromatic rings. The van der Waals surface area contributed by atoms with Gasteiger partial charge >= 0.3 is 5.97 Å². The second kappa shape index (κ2) is 9.54. The van der Waals surface area contributed by atoms with Crippen LogP contribution >= 0.6 is 0 Å². The Morgan fingerprint density at radius 3 is 2.66 bits per heavy atom. The summed E-state index contributed by atoms with van der Waals surface area (Å²) in [5.41, 5.74) is 6.10. The number of fused-ring (bicyclic) bond motifs is 5. The maximum absolute atomic E-state index is 11.7. The first kappa shape index (κ1) is 24.5. The highest BCUT2D eigenvalue weighted by Crippen LogP contribution is 2.68. The number of esters is 1. The summed E-state index contributed by atoms with van der Waals surface area (Å²) in [6.45, 7) is 8.90. The number of hydrogen-bond donors (Lipinski definition) is 3. The third-order valence-electron chi connectivity index (χ3n) is 11.1. The zero-order valence-electron chi connectivity index (χ0n) is 20.9. The molecule has 0 radical (unpaired) electrons. The minimum Gasteiger partial charge on any atom is -0.469 e. The Kier molecular flexibility index (Phi) is 7.30. The summed E-state index contributed by atoms with van der Waals surface area (Å²) in [5.74, 6) is 3.68. The fourth-order valence-electron chi connectivity index (χ4n) is 9.30. The van der Waals surface area contributed by atoms with Crippen molar-refractivity contribution in [3.63, 3.8) is 0 Å². The van der Waals surface area contributed by atoms with Crippen molar-refractivity contribution in [3.8, 4) is 0 Å². The van der Waals surface area contributed by atoms with E-state index in [1.165, 1.54) is 52.1 Å². The SMILES string of the molecule is COC(=O)CC[C@H](C)C1CCC2C3CC[C@@H]4C[C@@H](NCCN)CC[C@]4(C)C3C[C@@H](O)[C@@]21C. The van der Waals surface area contributed by atoms with Crippen molar-refractivity contribution in [1.82, 2.24) is 5.32 Å². The highest BCUT2D eigenvalue weighted by molar-refractivity contribution is 5.69. The van der Waals surface area contributed by atoms with Gasteiger partial charge in [0.2, 0.25) is 0 Å². The van der Waals surface area contributed by atoms with Crippen LogP contribution in [0, 0.1) is 46.3 Å². The van der Waals surface area contributed by atoms with Crippen LogP contribution in [0.25, 0.3) is 0 Å². The monoisotopic (exact) mass is 448 g/mol. The zero-order chi connectivity index (χ0) is 23.1. The first-order valence-electron chi connectivity index (χ1n) is 13.4. The molecule has 4 N–H and O–H groups in total. The van der Waals surface area contributed by atoms with E-state index in [1.807, 2.05) is 0 Å². The molecule has 4 unspecified atom stereocenters. The van der Waals surface area contributed by atoms with Gasteiger partial charge in [0.05, 0.1) is 13.2 Å². The summed E-state index contributed by atoms with van der Waals surface area (Å²) in [7, 11) is 1.48. The minimum absolute atomic E-state index is 0.000215. The highest BCUT2D eigenvalue weighted by Gasteiger charge is 2.63. The molecular formula is C27H48N2O3. The molecule has 0 spiro atoms. The van der Waals surface area contributed by atoms with E-state index in [-0.39, 0.29) is 17.5 Å². The average Bonchev–Trinajstić information content (AvgIpc) is 3.15. The fraction of sp³-hybridized carbons (Fsp3) is 0.963. The summed E-state index contributed by atoms with van der Waals surface area (Å²) in [6.07, 6.45) is 11.1. The lowest BCUT2D eigenvalue weighted by molar-refractivity contribution is -0.170. The van der Waals surface area contributed by atoms with Crippen LogP contribution in [0.15, 0.2) is 0 Å². The maximum Gasteiger partial charge on any atom is 0.305 e. The standard InChI is InChI=1S/C27H48N2O3/c1-17(5-10-25(31)32-4)21-8-9-22-20-7-6-18-15-19(29-14-13-28)11-12-26(18,2)23(20)16-24(30)27(21,22)3/h17-24,29-30H,5-16,28H2,1-4H3/t17-,18+,19-,20?,21?,22?,23?,24+,26-,27+/m0/s1. The summed E-state index contributed by atoms with van der Waals surface area (Å²) < 4.78 is 4.88. The third kappa shape index (κ3) is 4.05. The van der Waals surface area contributed by atoms with Crippen LogP contribution in [0.1, 0.15) is 85.0 Å². The highest BCUT2D eigenvalue weighted by atomic mass is 16.5.